The molecule has 7 nitrogen and oxygen atoms in total. The number of benzene rings is 1. The number of aliphatic hydroxyl groups is 2. The van der Waals surface area contributed by atoms with Crippen LogP contribution in [-0.4, -0.2) is 78.2 Å². The molecule has 3 saturated carbocycles. The van der Waals surface area contributed by atoms with E-state index in [1.165, 1.54) is 0 Å². The Morgan fingerprint density at radius 1 is 1.12 bits per heavy atom. The van der Waals surface area contributed by atoms with Crippen LogP contribution < -0.4 is 9.64 Å². The molecule has 8 atom stereocenters. The third kappa shape index (κ3) is 4.11. The number of carbonyl (C=O) groups is 2. The number of ether oxygens (including phenoxy) is 1. The van der Waals surface area contributed by atoms with Gasteiger partial charge in [-0.2, -0.15) is 0 Å². The standard InChI is InChI=1S/C33H44N2O5/c1-21-17-25-26-10-12-33(39,32(26,3)19-28(37)30(25)31(2)11-9-23(36)18-27(21)31)29(38)20-34-13-15-35(16-14-34)22-5-7-24(40-4)8-6-22/h5-9,11,18,21,25-26,28,30,37,39H,10,12-17,19-20H2,1-4H3/t21?,25-,26-,28?,30+,31-,32-,33-/m0/s1. The van der Waals surface area contributed by atoms with Crippen molar-refractivity contribution in [3.05, 3.63) is 48.1 Å². The Labute approximate surface area is 237 Å². The second-order valence-corrected chi connectivity index (χ2v) is 13.5. The first kappa shape index (κ1) is 27.7. The van der Waals surface area contributed by atoms with E-state index in [4.69, 9.17) is 4.74 Å². The van der Waals surface area contributed by atoms with Gasteiger partial charge in [0.05, 0.1) is 19.8 Å². The molecule has 2 unspecified atom stereocenters. The van der Waals surface area contributed by atoms with Crippen molar-refractivity contribution in [2.75, 3.05) is 44.7 Å². The van der Waals surface area contributed by atoms with Crippen LogP contribution in [0, 0.1) is 34.5 Å². The zero-order valence-electron chi connectivity index (χ0n) is 24.3. The number of methoxy groups -OCH3 is 1. The molecule has 1 saturated heterocycles. The SMILES string of the molecule is COc1ccc(N2CCN(CC(=O)[C@@]3(O)CC[C@H]4[C@@H]5CC(C)C6=CC(=O)C=C[C@]6(C)[C@H]5C(O)C[C@@]43C)CC2)cc1. The summed E-state index contributed by atoms with van der Waals surface area (Å²) >= 11 is 0. The quantitative estimate of drug-likeness (QED) is 0.581. The first-order valence-electron chi connectivity index (χ1n) is 15.0. The van der Waals surface area contributed by atoms with Gasteiger partial charge in [-0.05, 0) is 79.9 Å². The number of Topliss-reactive ketones (excluding diaryl/α,β-unsaturated/α-hetero) is 1. The molecule has 1 aliphatic heterocycles. The van der Waals surface area contributed by atoms with Crippen molar-refractivity contribution in [2.45, 2.75) is 58.2 Å². The normalized spacial score (nSPS) is 41.1. The average molecular weight is 549 g/mol. The Morgan fingerprint density at radius 3 is 2.50 bits per heavy atom. The van der Waals surface area contributed by atoms with Gasteiger partial charge in [0.25, 0.3) is 0 Å². The molecular weight excluding hydrogens is 504 g/mol. The monoisotopic (exact) mass is 548 g/mol. The zero-order valence-corrected chi connectivity index (χ0v) is 24.3. The topological polar surface area (TPSA) is 90.3 Å². The van der Waals surface area contributed by atoms with Crippen molar-refractivity contribution in [1.29, 1.82) is 0 Å². The molecule has 0 radical (unpaired) electrons. The van der Waals surface area contributed by atoms with Crippen LogP contribution in [0.3, 0.4) is 0 Å². The maximum Gasteiger partial charge on any atom is 0.178 e. The smallest absolute Gasteiger partial charge is 0.178 e. The summed E-state index contributed by atoms with van der Waals surface area (Å²) in [4.78, 5) is 30.6. The van der Waals surface area contributed by atoms with E-state index in [0.29, 0.717) is 12.8 Å². The number of ketones is 2. The number of hydrogen-bond donors (Lipinski definition) is 2. The summed E-state index contributed by atoms with van der Waals surface area (Å²) in [6.07, 6.45) is 7.34. The van der Waals surface area contributed by atoms with Crippen LogP contribution in [0.4, 0.5) is 5.69 Å². The molecule has 0 aromatic heterocycles. The Kier molecular flexibility index (Phi) is 6.79. The highest BCUT2D eigenvalue weighted by Crippen LogP contribution is 2.67. The molecule has 40 heavy (non-hydrogen) atoms. The molecular formula is C33H44N2O5. The van der Waals surface area contributed by atoms with Crippen LogP contribution in [-0.2, 0) is 9.59 Å². The van der Waals surface area contributed by atoms with E-state index >= 15 is 0 Å². The summed E-state index contributed by atoms with van der Waals surface area (Å²) in [7, 11) is 1.67. The molecule has 2 N–H and O–H groups in total. The molecule has 6 rings (SSSR count). The van der Waals surface area contributed by atoms with Crippen molar-refractivity contribution in [3.8, 4) is 5.75 Å². The highest BCUT2D eigenvalue weighted by molar-refractivity contribution is 6.01. The summed E-state index contributed by atoms with van der Waals surface area (Å²) < 4.78 is 5.27. The lowest BCUT2D eigenvalue weighted by atomic mass is 9.45. The molecule has 0 amide bonds. The third-order valence-electron chi connectivity index (χ3n) is 11.6. The second-order valence-electron chi connectivity index (χ2n) is 13.5. The Balaban J connectivity index is 1.16. The molecule has 4 fully saturated rings. The molecule has 1 aromatic carbocycles. The fourth-order valence-electron chi connectivity index (χ4n) is 9.50. The minimum Gasteiger partial charge on any atom is -0.497 e. The van der Waals surface area contributed by atoms with Gasteiger partial charge in [0.1, 0.15) is 11.4 Å². The molecule has 7 heteroatoms. The van der Waals surface area contributed by atoms with Crippen molar-refractivity contribution in [1.82, 2.24) is 4.90 Å². The predicted molar refractivity (Wildman–Crippen MR) is 154 cm³/mol. The Hall–Kier alpha value is -2.48. The summed E-state index contributed by atoms with van der Waals surface area (Å²) in [5.41, 5.74) is -0.197. The van der Waals surface area contributed by atoms with Crippen LogP contribution in [0.5, 0.6) is 5.75 Å². The van der Waals surface area contributed by atoms with Crippen LogP contribution in [0.25, 0.3) is 0 Å². The van der Waals surface area contributed by atoms with Crippen molar-refractivity contribution in [3.63, 3.8) is 0 Å². The van der Waals surface area contributed by atoms with Gasteiger partial charge >= 0.3 is 0 Å². The lowest BCUT2D eigenvalue weighted by Crippen LogP contribution is -2.63. The fourth-order valence-corrected chi connectivity index (χ4v) is 9.50. The average Bonchev–Trinajstić information content (AvgIpc) is 3.21. The fraction of sp³-hybridized carbons (Fsp3) is 0.636. The lowest BCUT2D eigenvalue weighted by Gasteiger charge is -2.60. The van der Waals surface area contributed by atoms with Gasteiger partial charge in [-0.1, -0.05) is 32.4 Å². The summed E-state index contributed by atoms with van der Waals surface area (Å²) in [5.74, 6) is 1.33. The maximum atomic E-state index is 13.9. The summed E-state index contributed by atoms with van der Waals surface area (Å²) in [6.45, 7) is 9.82. The van der Waals surface area contributed by atoms with Gasteiger partial charge in [-0.15, -0.1) is 0 Å². The molecule has 1 aromatic rings. The van der Waals surface area contributed by atoms with E-state index in [0.717, 1.165) is 56.0 Å². The van der Waals surface area contributed by atoms with E-state index < -0.39 is 17.1 Å². The number of aliphatic hydroxyl groups excluding tert-OH is 1. The first-order chi connectivity index (χ1) is 19.0. The minimum atomic E-state index is -1.44. The van der Waals surface area contributed by atoms with Gasteiger partial charge in [0, 0.05) is 48.6 Å². The van der Waals surface area contributed by atoms with Gasteiger partial charge in [-0.25, -0.2) is 0 Å². The van der Waals surface area contributed by atoms with Gasteiger partial charge in [0.15, 0.2) is 11.6 Å². The van der Waals surface area contributed by atoms with Crippen LogP contribution in [0.1, 0.15) is 46.5 Å². The van der Waals surface area contributed by atoms with Gasteiger partial charge in [0.2, 0.25) is 0 Å². The maximum absolute atomic E-state index is 13.9. The number of allylic oxidation sites excluding steroid dienone is 4. The number of carbonyl (C=O) groups excluding carboxylic acids is 2. The highest BCUT2D eigenvalue weighted by atomic mass is 16.5. The van der Waals surface area contributed by atoms with E-state index in [9.17, 15) is 19.8 Å². The number of fused-ring (bicyclic) bond motifs is 5. The largest absolute Gasteiger partial charge is 0.497 e. The zero-order chi connectivity index (χ0) is 28.4. The number of hydrogen-bond acceptors (Lipinski definition) is 7. The number of nitrogens with zero attached hydrogens (tertiary/aromatic N) is 2. The molecule has 0 spiro atoms. The van der Waals surface area contributed by atoms with E-state index in [2.05, 4.69) is 42.7 Å². The molecule has 4 aliphatic carbocycles. The lowest BCUT2D eigenvalue weighted by molar-refractivity contribution is -0.179. The minimum absolute atomic E-state index is 0.0131. The van der Waals surface area contributed by atoms with E-state index in [1.807, 2.05) is 18.2 Å². The van der Waals surface area contributed by atoms with Crippen LogP contribution in [0.15, 0.2) is 48.1 Å². The molecule has 0 bridgehead atoms. The van der Waals surface area contributed by atoms with Crippen LogP contribution in [0.2, 0.25) is 0 Å². The van der Waals surface area contributed by atoms with Crippen molar-refractivity contribution >= 4 is 17.3 Å². The molecule has 5 aliphatic rings. The van der Waals surface area contributed by atoms with Crippen LogP contribution >= 0.6 is 0 Å². The molecule has 1 heterocycles. The van der Waals surface area contributed by atoms with Crippen molar-refractivity contribution < 1.29 is 24.5 Å². The Morgan fingerprint density at radius 2 is 1.82 bits per heavy atom. The number of anilines is 1. The summed E-state index contributed by atoms with van der Waals surface area (Å²) in [6, 6.07) is 8.07. The van der Waals surface area contributed by atoms with E-state index in [1.54, 1.807) is 19.3 Å². The molecule has 216 valence electrons. The highest BCUT2D eigenvalue weighted by Gasteiger charge is 2.68. The third-order valence-corrected chi connectivity index (χ3v) is 11.6. The Bertz CT molecular complexity index is 1230. The van der Waals surface area contributed by atoms with E-state index in [-0.39, 0.29) is 47.2 Å². The van der Waals surface area contributed by atoms with Gasteiger partial charge < -0.3 is 19.8 Å². The predicted octanol–water partition coefficient (Wildman–Crippen LogP) is 3.64. The summed E-state index contributed by atoms with van der Waals surface area (Å²) in [5, 5.41) is 23.8. The van der Waals surface area contributed by atoms with Gasteiger partial charge in [-0.3, -0.25) is 14.5 Å². The number of piperazine rings is 1. The van der Waals surface area contributed by atoms with Crippen molar-refractivity contribution in [2.24, 2.45) is 34.5 Å². The number of rotatable bonds is 5. The first-order valence-corrected chi connectivity index (χ1v) is 15.0. The second kappa shape index (κ2) is 9.81.